The summed E-state index contributed by atoms with van der Waals surface area (Å²) >= 11 is 0. The molecule has 1 aliphatic rings. The second-order valence-electron chi connectivity index (χ2n) is 11.4. The Morgan fingerprint density at radius 1 is 1.00 bits per heavy atom. The number of carbonyl (C=O) groups is 3. The van der Waals surface area contributed by atoms with Gasteiger partial charge in [0.05, 0.1) is 6.61 Å². The summed E-state index contributed by atoms with van der Waals surface area (Å²) < 4.78 is 21.1. The van der Waals surface area contributed by atoms with Crippen LogP contribution >= 0.6 is 0 Å². The Bertz CT molecular complexity index is 845. The molecule has 222 valence electrons. The molecule has 9 nitrogen and oxygen atoms in total. The smallest absolute Gasteiger partial charge is 0.417 e. The second kappa shape index (κ2) is 18.3. The first-order valence-electron chi connectivity index (χ1n) is 13.4. The van der Waals surface area contributed by atoms with E-state index in [4.69, 9.17) is 24.1 Å². The number of cyclic esters (lactones) is 1. The summed E-state index contributed by atoms with van der Waals surface area (Å²) in [6, 6.07) is 9.85. The molecule has 1 heterocycles. The Labute approximate surface area is 234 Å². The standard InChI is InChI=1S/C16H22O3.C10H19NO4.C4H8O/c1-13-12-15(19-14-8-4-2-5-9-14)10-6-3-7-11-16(17)18-13;1-9(2,3)14-7(12)11-8(13)15-10(4,5)6;1-4(2)3-5/h2,4-5,8-9,13,15H,3,6-7,10-12H2,1H3;1-6H3,(H,11,12,13);5H,1,3H2,2H3. The van der Waals surface area contributed by atoms with Crippen molar-refractivity contribution in [3.05, 3.63) is 42.5 Å². The van der Waals surface area contributed by atoms with Gasteiger partial charge in [0.1, 0.15) is 29.2 Å². The van der Waals surface area contributed by atoms with Crippen molar-refractivity contribution in [3.63, 3.8) is 0 Å². The summed E-state index contributed by atoms with van der Waals surface area (Å²) in [5.74, 6) is 0.816. The number of hydrogen-bond acceptors (Lipinski definition) is 8. The van der Waals surface area contributed by atoms with Gasteiger partial charge in [0.2, 0.25) is 0 Å². The van der Waals surface area contributed by atoms with Crippen LogP contribution in [0.2, 0.25) is 0 Å². The molecule has 0 saturated carbocycles. The number of alkyl carbamates (subject to hydrolysis) is 2. The number of hydrogen-bond donors (Lipinski definition) is 2. The van der Waals surface area contributed by atoms with E-state index in [2.05, 4.69) is 6.58 Å². The van der Waals surface area contributed by atoms with E-state index in [-0.39, 0.29) is 24.8 Å². The van der Waals surface area contributed by atoms with Crippen molar-refractivity contribution in [2.75, 3.05) is 6.61 Å². The minimum Gasteiger partial charge on any atom is -0.490 e. The lowest BCUT2D eigenvalue weighted by atomic mass is 10.0. The van der Waals surface area contributed by atoms with Crippen LogP contribution in [-0.2, 0) is 19.0 Å². The van der Waals surface area contributed by atoms with Gasteiger partial charge in [-0.05, 0) is 86.8 Å². The number of rotatable bonds is 3. The van der Waals surface area contributed by atoms with Crippen molar-refractivity contribution in [2.24, 2.45) is 0 Å². The number of benzene rings is 1. The van der Waals surface area contributed by atoms with Crippen molar-refractivity contribution in [3.8, 4) is 5.75 Å². The van der Waals surface area contributed by atoms with Crippen molar-refractivity contribution >= 4 is 18.2 Å². The molecule has 9 heteroatoms. The molecule has 2 N–H and O–H groups in total. The van der Waals surface area contributed by atoms with E-state index in [1.165, 1.54) is 0 Å². The van der Waals surface area contributed by atoms with Gasteiger partial charge in [-0.2, -0.15) is 0 Å². The number of aliphatic hydroxyl groups is 1. The van der Waals surface area contributed by atoms with Crippen molar-refractivity contribution in [1.29, 1.82) is 0 Å². The molecule has 0 spiro atoms. The number of esters is 1. The monoisotopic (exact) mass is 551 g/mol. The highest BCUT2D eigenvalue weighted by molar-refractivity contribution is 5.87. The Hall–Kier alpha value is -3.07. The van der Waals surface area contributed by atoms with E-state index in [1.807, 2.05) is 42.6 Å². The number of para-hydroxylation sites is 1. The highest BCUT2D eigenvalue weighted by Crippen LogP contribution is 2.21. The van der Waals surface area contributed by atoms with Gasteiger partial charge in [-0.1, -0.05) is 36.8 Å². The van der Waals surface area contributed by atoms with E-state index in [0.29, 0.717) is 6.42 Å². The van der Waals surface area contributed by atoms with Crippen LogP contribution in [0.15, 0.2) is 42.5 Å². The summed E-state index contributed by atoms with van der Waals surface area (Å²) in [5.41, 5.74) is -0.455. The molecule has 0 aromatic heterocycles. The molecule has 1 saturated heterocycles. The summed E-state index contributed by atoms with van der Waals surface area (Å²) in [6.45, 7) is 17.5. The fourth-order valence-electron chi connectivity index (χ4n) is 3.13. The maximum Gasteiger partial charge on any atom is 0.417 e. The molecule has 1 aromatic carbocycles. The van der Waals surface area contributed by atoms with Crippen molar-refractivity contribution in [2.45, 2.75) is 117 Å². The number of nitrogens with one attached hydrogen (secondary N) is 1. The van der Waals surface area contributed by atoms with Crippen LogP contribution in [0.5, 0.6) is 5.75 Å². The summed E-state index contributed by atoms with van der Waals surface area (Å²) in [6.07, 6.45) is 3.88. The third-order valence-electron chi connectivity index (χ3n) is 4.65. The molecule has 1 aliphatic heterocycles. The zero-order valence-electron chi connectivity index (χ0n) is 25.0. The zero-order valence-corrected chi connectivity index (χ0v) is 25.0. The predicted octanol–water partition coefficient (Wildman–Crippen LogP) is 6.72. The average molecular weight is 552 g/mol. The molecule has 1 aromatic rings. The molecule has 2 amide bonds. The third-order valence-corrected chi connectivity index (χ3v) is 4.65. The van der Waals surface area contributed by atoms with E-state index in [9.17, 15) is 14.4 Å². The first-order valence-corrected chi connectivity index (χ1v) is 13.4. The molecule has 2 unspecified atom stereocenters. The Morgan fingerprint density at radius 3 is 1.97 bits per heavy atom. The predicted molar refractivity (Wildman–Crippen MR) is 152 cm³/mol. The molecule has 0 bridgehead atoms. The molecular weight excluding hydrogens is 502 g/mol. The molecule has 0 aliphatic carbocycles. The summed E-state index contributed by atoms with van der Waals surface area (Å²) in [4.78, 5) is 33.8. The van der Waals surface area contributed by atoms with Crippen LogP contribution in [0.4, 0.5) is 9.59 Å². The van der Waals surface area contributed by atoms with E-state index < -0.39 is 23.4 Å². The first-order chi connectivity index (χ1) is 18.0. The van der Waals surface area contributed by atoms with Gasteiger partial charge in [-0.3, -0.25) is 4.79 Å². The maximum atomic E-state index is 11.5. The van der Waals surface area contributed by atoms with Gasteiger partial charge >= 0.3 is 18.2 Å². The quantitative estimate of drug-likeness (QED) is 0.241. The fraction of sp³-hybridized carbons (Fsp3) is 0.633. The van der Waals surface area contributed by atoms with Crippen LogP contribution in [0.1, 0.15) is 93.9 Å². The maximum absolute atomic E-state index is 11.5. The van der Waals surface area contributed by atoms with Crippen molar-refractivity contribution in [1.82, 2.24) is 5.32 Å². The summed E-state index contributed by atoms with van der Waals surface area (Å²) in [7, 11) is 0. The normalized spacial score (nSPS) is 17.9. The van der Waals surface area contributed by atoms with Gasteiger partial charge in [-0.15, -0.1) is 0 Å². The average Bonchev–Trinajstić information content (AvgIpc) is 2.77. The minimum atomic E-state index is -0.809. The largest absolute Gasteiger partial charge is 0.490 e. The van der Waals surface area contributed by atoms with E-state index in [1.54, 1.807) is 48.5 Å². The second-order valence-corrected chi connectivity index (χ2v) is 11.4. The van der Waals surface area contributed by atoms with Crippen LogP contribution in [-0.4, -0.2) is 53.3 Å². The fourth-order valence-corrected chi connectivity index (χ4v) is 3.13. The number of amides is 2. The molecular formula is C30H49NO8. The van der Waals surface area contributed by atoms with Crippen LogP contribution < -0.4 is 10.1 Å². The topological polar surface area (TPSA) is 120 Å². The Morgan fingerprint density at radius 2 is 1.51 bits per heavy atom. The first kappa shape index (κ1) is 35.9. The molecule has 2 atom stereocenters. The van der Waals surface area contributed by atoms with Crippen LogP contribution in [0, 0.1) is 0 Å². The van der Waals surface area contributed by atoms with Crippen LogP contribution in [0.25, 0.3) is 0 Å². The number of ether oxygens (including phenoxy) is 4. The highest BCUT2D eigenvalue weighted by atomic mass is 16.6. The molecule has 2 rings (SSSR count). The Balaban J connectivity index is 0.000000646. The van der Waals surface area contributed by atoms with Gasteiger partial charge in [0.25, 0.3) is 0 Å². The van der Waals surface area contributed by atoms with Gasteiger partial charge in [0.15, 0.2) is 0 Å². The number of carbonyl (C=O) groups excluding carboxylic acids is 3. The lowest BCUT2D eigenvalue weighted by Gasteiger charge is -2.24. The third kappa shape index (κ3) is 22.6. The summed E-state index contributed by atoms with van der Waals surface area (Å²) in [5, 5.41) is 10.0. The Kier molecular flexibility index (Phi) is 16.8. The van der Waals surface area contributed by atoms with Gasteiger partial charge in [-0.25, -0.2) is 14.9 Å². The minimum absolute atomic E-state index is 0.0701. The van der Waals surface area contributed by atoms with Gasteiger partial charge in [0, 0.05) is 12.8 Å². The van der Waals surface area contributed by atoms with Gasteiger partial charge < -0.3 is 24.1 Å². The van der Waals surface area contributed by atoms with E-state index >= 15 is 0 Å². The highest BCUT2D eigenvalue weighted by Gasteiger charge is 2.22. The molecule has 0 radical (unpaired) electrons. The SMILES string of the molecule is C=C(C)CO.CC(C)(C)OC(=O)NC(=O)OC(C)(C)C.CC1CC(Oc2ccccc2)CCCCCC(=O)O1. The van der Waals surface area contributed by atoms with Crippen molar-refractivity contribution < 1.29 is 38.4 Å². The van der Waals surface area contributed by atoms with Crippen LogP contribution in [0.3, 0.4) is 0 Å². The molecule has 39 heavy (non-hydrogen) atoms. The zero-order chi connectivity index (χ0) is 30.1. The molecule has 1 fully saturated rings. The van der Waals surface area contributed by atoms with E-state index in [0.717, 1.165) is 43.4 Å². The number of aliphatic hydroxyl groups excluding tert-OH is 1. The lowest BCUT2D eigenvalue weighted by molar-refractivity contribution is -0.149. The number of imide groups is 1. The lowest BCUT2D eigenvalue weighted by Crippen LogP contribution is -2.39.